The minimum Gasteiger partial charge on any atom is -0.294 e. The van der Waals surface area contributed by atoms with Gasteiger partial charge in [0.25, 0.3) is 0 Å². The van der Waals surface area contributed by atoms with Gasteiger partial charge in [0.1, 0.15) is 5.82 Å². The summed E-state index contributed by atoms with van der Waals surface area (Å²) in [6.07, 6.45) is 0.180. The molecule has 0 unspecified atom stereocenters. The molecule has 0 aliphatic carbocycles. The second kappa shape index (κ2) is 5.43. The number of nitrogens with zero attached hydrogens (tertiary/aromatic N) is 2. The molecule has 0 fully saturated rings. The van der Waals surface area contributed by atoms with E-state index in [9.17, 15) is 9.18 Å². The molecule has 0 aliphatic heterocycles. The molecule has 0 radical (unpaired) electrons. The van der Waals surface area contributed by atoms with E-state index in [4.69, 9.17) is 11.6 Å². The van der Waals surface area contributed by atoms with Gasteiger partial charge in [0.2, 0.25) is 0 Å². The quantitative estimate of drug-likeness (QED) is 0.795. The van der Waals surface area contributed by atoms with Gasteiger partial charge in [-0.05, 0) is 41.1 Å². The number of ketones is 1. The van der Waals surface area contributed by atoms with Crippen LogP contribution >= 0.6 is 27.5 Å². The number of hydrogen-bond donors (Lipinski definition) is 0. The summed E-state index contributed by atoms with van der Waals surface area (Å²) in [4.78, 5) is 12.1. The molecule has 0 spiro atoms. The zero-order valence-electron chi connectivity index (χ0n) is 10.4. The normalized spacial score (nSPS) is 10.8. The molecule has 0 aliphatic rings. The second-order valence-electron chi connectivity index (χ2n) is 4.20. The average molecular weight is 346 g/mol. The van der Waals surface area contributed by atoms with Crippen LogP contribution in [0.2, 0.25) is 5.02 Å². The van der Waals surface area contributed by atoms with Gasteiger partial charge >= 0.3 is 0 Å². The van der Waals surface area contributed by atoms with Crippen molar-refractivity contribution in [2.75, 3.05) is 0 Å². The Bertz CT molecular complexity index is 654. The van der Waals surface area contributed by atoms with Crippen LogP contribution in [0.1, 0.15) is 21.7 Å². The van der Waals surface area contributed by atoms with E-state index in [0.29, 0.717) is 5.56 Å². The fourth-order valence-electron chi connectivity index (χ4n) is 1.80. The maximum atomic E-state index is 13.1. The molecule has 0 bridgehead atoms. The van der Waals surface area contributed by atoms with Crippen LogP contribution in [0.15, 0.2) is 22.7 Å². The van der Waals surface area contributed by atoms with Crippen molar-refractivity contribution in [1.82, 2.24) is 9.78 Å². The van der Waals surface area contributed by atoms with E-state index >= 15 is 0 Å². The van der Waals surface area contributed by atoms with Gasteiger partial charge in [0, 0.05) is 12.6 Å². The van der Waals surface area contributed by atoms with Crippen LogP contribution in [0.3, 0.4) is 0 Å². The Morgan fingerprint density at radius 1 is 1.53 bits per heavy atom. The first-order valence-corrected chi connectivity index (χ1v) is 6.73. The lowest BCUT2D eigenvalue weighted by atomic mass is 10.1. The Balaban J connectivity index is 2.28. The molecule has 0 saturated carbocycles. The summed E-state index contributed by atoms with van der Waals surface area (Å²) in [7, 11) is 1.78. The number of benzene rings is 1. The lowest BCUT2D eigenvalue weighted by molar-refractivity contribution is 0.0990. The van der Waals surface area contributed by atoms with Gasteiger partial charge in [0.05, 0.1) is 27.3 Å². The molecule has 0 atom stereocenters. The monoisotopic (exact) mass is 344 g/mol. The van der Waals surface area contributed by atoms with Gasteiger partial charge in [-0.2, -0.15) is 5.10 Å². The van der Waals surface area contributed by atoms with Crippen LogP contribution in [0.5, 0.6) is 0 Å². The van der Waals surface area contributed by atoms with Crippen molar-refractivity contribution in [3.8, 4) is 0 Å². The van der Waals surface area contributed by atoms with Crippen LogP contribution in [0, 0.1) is 12.7 Å². The highest BCUT2D eigenvalue weighted by molar-refractivity contribution is 9.10. The Labute approximate surface area is 123 Å². The first-order chi connectivity index (χ1) is 8.90. The predicted octanol–water partition coefficient (Wildman–Crippen LogP) is 3.71. The van der Waals surface area contributed by atoms with Gasteiger partial charge in [-0.3, -0.25) is 9.48 Å². The van der Waals surface area contributed by atoms with Crippen molar-refractivity contribution in [2.45, 2.75) is 13.3 Å². The Morgan fingerprint density at radius 3 is 2.74 bits per heavy atom. The minimum atomic E-state index is -0.532. The van der Waals surface area contributed by atoms with Crippen LogP contribution in [-0.4, -0.2) is 15.6 Å². The molecule has 0 N–H and O–H groups in total. The van der Waals surface area contributed by atoms with Crippen molar-refractivity contribution >= 4 is 33.3 Å². The smallest absolute Gasteiger partial charge is 0.168 e. The van der Waals surface area contributed by atoms with Crippen LogP contribution in [0.4, 0.5) is 4.39 Å². The Hall–Kier alpha value is -1.20. The highest BCUT2D eigenvalue weighted by Crippen LogP contribution is 2.23. The molecule has 2 aromatic rings. The predicted molar refractivity (Wildman–Crippen MR) is 75.1 cm³/mol. The summed E-state index contributed by atoms with van der Waals surface area (Å²) in [5.41, 5.74) is 1.99. The molecule has 0 amide bonds. The summed E-state index contributed by atoms with van der Waals surface area (Å²) in [5, 5.41) is 4.17. The number of halogens is 3. The molecule has 1 aromatic carbocycles. The van der Waals surface area contributed by atoms with E-state index in [-0.39, 0.29) is 17.2 Å². The van der Waals surface area contributed by atoms with Crippen molar-refractivity contribution < 1.29 is 9.18 Å². The molecular weight excluding hydrogens is 335 g/mol. The molecular formula is C13H11BrClFN2O. The fourth-order valence-corrected chi connectivity index (χ4v) is 2.45. The van der Waals surface area contributed by atoms with Crippen LogP contribution in [0.25, 0.3) is 0 Å². The third-order valence-electron chi connectivity index (χ3n) is 2.83. The largest absolute Gasteiger partial charge is 0.294 e. The molecule has 6 heteroatoms. The lowest BCUT2D eigenvalue weighted by Gasteiger charge is -2.04. The van der Waals surface area contributed by atoms with E-state index in [1.165, 1.54) is 18.2 Å². The number of rotatable bonds is 3. The van der Waals surface area contributed by atoms with Crippen molar-refractivity contribution in [3.05, 3.63) is 50.5 Å². The molecule has 3 nitrogen and oxygen atoms in total. The number of aryl methyl sites for hydroxylation is 2. The highest BCUT2D eigenvalue weighted by Gasteiger charge is 2.16. The summed E-state index contributed by atoms with van der Waals surface area (Å²) < 4.78 is 15.5. The summed E-state index contributed by atoms with van der Waals surface area (Å²) >= 11 is 9.08. The van der Waals surface area contributed by atoms with Gasteiger partial charge in [0.15, 0.2) is 5.78 Å². The fraction of sp³-hybridized carbons (Fsp3) is 0.231. The standard InChI is InChI=1S/C13H11BrClFN2O/c1-7-13(14)11(18(2)17-7)6-12(19)8-3-4-10(16)9(15)5-8/h3-5H,6H2,1-2H3. The van der Waals surface area contributed by atoms with Gasteiger partial charge in [-0.25, -0.2) is 4.39 Å². The number of Topliss-reactive ketones (excluding diaryl/α,β-unsaturated/α-hetero) is 1. The van der Waals surface area contributed by atoms with E-state index < -0.39 is 5.82 Å². The van der Waals surface area contributed by atoms with Gasteiger partial charge < -0.3 is 0 Å². The lowest BCUT2D eigenvalue weighted by Crippen LogP contribution is -2.08. The van der Waals surface area contributed by atoms with E-state index in [1.807, 2.05) is 6.92 Å². The van der Waals surface area contributed by atoms with Crippen LogP contribution in [-0.2, 0) is 13.5 Å². The molecule has 0 saturated heterocycles. The van der Waals surface area contributed by atoms with Gasteiger partial charge in [-0.1, -0.05) is 11.6 Å². The highest BCUT2D eigenvalue weighted by atomic mass is 79.9. The first kappa shape index (κ1) is 14.2. The molecule has 1 aromatic heterocycles. The number of hydrogen-bond acceptors (Lipinski definition) is 2. The second-order valence-corrected chi connectivity index (χ2v) is 5.40. The minimum absolute atomic E-state index is 0.0499. The zero-order chi connectivity index (χ0) is 14.2. The van der Waals surface area contributed by atoms with Crippen LogP contribution < -0.4 is 0 Å². The molecule has 1 heterocycles. The Kier molecular flexibility index (Phi) is 4.06. The SMILES string of the molecule is Cc1nn(C)c(CC(=O)c2ccc(F)c(Cl)c2)c1Br. The topological polar surface area (TPSA) is 34.9 Å². The summed E-state index contributed by atoms with van der Waals surface area (Å²) in [6, 6.07) is 3.97. The first-order valence-electron chi connectivity index (χ1n) is 5.56. The van der Waals surface area contributed by atoms with E-state index in [0.717, 1.165) is 15.9 Å². The summed E-state index contributed by atoms with van der Waals surface area (Å²) in [6.45, 7) is 1.85. The Morgan fingerprint density at radius 2 is 2.21 bits per heavy atom. The number of carbonyl (C=O) groups is 1. The number of carbonyl (C=O) groups excluding carboxylic acids is 1. The molecule has 2 rings (SSSR count). The van der Waals surface area contributed by atoms with Gasteiger partial charge in [-0.15, -0.1) is 0 Å². The molecule has 100 valence electrons. The average Bonchev–Trinajstić information content (AvgIpc) is 2.59. The maximum Gasteiger partial charge on any atom is 0.168 e. The number of aromatic nitrogens is 2. The van der Waals surface area contributed by atoms with E-state index in [2.05, 4.69) is 21.0 Å². The van der Waals surface area contributed by atoms with Crippen molar-refractivity contribution in [3.63, 3.8) is 0 Å². The maximum absolute atomic E-state index is 13.1. The van der Waals surface area contributed by atoms with Crippen molar-refractivity contribution in [2.24, 2.45) is 7.05 Å². The third-order valence-corrected chi connectivity index (χ3v) is 4.15. The van der Waals surface area contributed by atoms with Crippen molar-refractivity contribution in [1.29, 1.82) is 0 Å². The van der Waals surface area contributed by atoms with E-state index in [1.54, 1.807) is 11.7 Å². The summed E-state index contributed by atoms with van der Waals surface area (Å²) in [5.74, 6) is -0.665. The zero-order valence-corrected chi connectivity index (χ0v) is 12.7. The molecule has 19 heavy (non-hydrogen) atoms. The third kappa shape index (κ3) is 2.87.